The molecule has 1 aliphatic rings. The van der Waals surface area contributed by atoms with Gasteiger partial charge in [0.05, 0.1) is 6.04 Å². The Morgan fingerprint density at radius 1 is 1.18 bits per heavy atom. The zero-order valence-corrected chi connectivity index (χ0v) is 12.3. The van der Waals surface area contributed by atoms with E-state index >= 15 is 0 Å². The molecule has 1 unspecified atom stereocenters. The molecule has 1 fully saturated rings. The van der Waals surface area contributed by atoms with Gasteiger partial charge in [-0.05, 0) is 32.6 Å². The number of rotatable bonds is 4. The van der Waals surface area contributed by atoms with Gasteiger partial charge in [-0.25, -0.2) is 0 Å². The molecule has 0 heterocycles. The summed E-state index contributed by atoms with van der Waals surface area (Å²) in [5.41, 5.74) is 0. The Hall–Kier alpha value is -0.280. The van der Waals surface area contributed by atoms with Gasteiger partial charge in [-0.15, -0.1) is 12.4 Å². The van der Waals surface area contributed by atoms with Gasteiger partial charge in [0.15, 0.2) is 0 Å². The van der Waals surface area contributed by atoms with Gasteiger partial charge in [-0.3, -0.25) is 4.79 Å². The minimum absolute atomic E-state index is 0. The fourth-order valence-electron chi connectivity index (χ4n) is 2.62. The van der Waals surface area contributed by atoms with Crippen LogP contribution in [0.2, 0.25) is 0 Å². The maximum absolute atomic E-state index is 11.7. The van der Waals surface area contributed by atoms with E-state index in [0.717, 1.165) is 5.92 Å². The summed E-state index contributed by atoms with van der Waals surface area (Å²) in [6.45, 7) is 4.18. The summed E-state index contributed by atoms with van der Waals surface area (Å²) in [4.78, 5) is 13.4. The number of likely N-dealkylation sites (N-methyl/N-ethyl adjacent to an activating group) is 1. The predicted octanol–water partition coefficient (Wildman–Crippen LogP) is 2.44. The van der Waals surface area contributed by atoms with Gasteiger partial charge in [-0.1, -0.05) is 19.3 Å². The van der Waals surface area contributed by atoms with E-state index in [9.17, 15) is 4.79 Å². The molecule has 0 saturated heterocycles. The SMILES string of the molecule is CC(N[C@H](C)C(=O)N(C)C)C1CCCCC1.Cl. The number of nitrogens with zero attached hydrogens (tertiary/aromatic N) is 1. The Labute approximate surface area is 112 Å². The van der Waals surface area contributed by atoms with Crippen LogP contribution in [0.5, 0.6) is 0 Å². The second kappa shape index (κ2) is 7.93. The number of amides is 1. The fraction of sp³-hybridized carbons (Fsp3) is 0.923. The van der Waals surface area contributed by atoms with Crippen LogP contribution in [-0.4, -0.2) is 37.0 Å². The summed E-state index contributed by atoms with van der Waals surface area (Å²) in [6, 6.07) is 0.395. The molecule has 0 radical (unpaired) electrons. The Bertz CT molecular complexity index is 227. The molecule has 0 aromatic heterocycles. The number of carbonyl (C=O) groups excluding carboxylic acids is 1. The van der Waals surface area contributed by atoms with E-state index in [2.05, 4.69) is 12.2 Å². The van der Waals surface area contributed by atoms with Crippen LogP contribution in [0.25, 0.3) is 0 Å². The minimum atomic E-state index is -0.0630. The first-order chi connectivity index (χ1) is 7.52. The zero-order valence-electron chi connectivity index (χ0n) is 11.5. The fourth-order valence-corrected chi connectivity index (χ4v) is 2.62. The molecule has 0 spiro atoms. The number of hydrogen-bond donors (Lipinski definition) is 1. The molecule has 0 aromatic carbocycles. The monoisotopic (exact) mass is 262 g/mol. The van der Waals surface area contributed by atoms with Crippen molar-refractivity contribution in [2.75, 3.05) is 14.1 Å². The summed E-state index contributed by atoms with van der Waals surface area (Å²) in [7, 11) is 3.62. The third-order valence-electron chi connectivity index (χ3n) is 3.68. The standard InChI is InChI=1S/C13H26N2O.ClH/c1-10(12-8-6-5-7-9-12)14-11(2)13(16)15(3)4;/h10-12,14H,5-9H2,1-4H3;1H/t10?,11-;/m1./s1. The first-order valence-corrected chi connectivity index (χ1v) is 6.49. The molecule has 0 aliphatic heterocycles. The minimum Gasteiger partial charge on any atom is -0.347 e. The van der Waals surface area contributed by atoms with Gasteiger partial charge in [0, 0.05) is 20.1 Å². The van der Waals surface area contributed by atoms with Crippen molar-refractivity contribution in [2.45, 2.75) is 58.0 Å². The highest BCUT2D eigenvalue weighted by atomic mass is 35.5. The van der Waals surface area contributed by atoms with E-state index in [1.807, 2.05) is 21.0 Å². The largest absolute Gasteiger partial charge is 0.347 e. The summed E-state index contributed by atoms with van der Waals surface area (Å²) in [5.74, 6) is 0.925. The van der Waals surface area contributed by atoms with Crippen molar-refractivity contribution >= 4 is 18.3 Å². The molecule has 1 rings (SSSR count). The van der Waals surface area contributed by atoms with Gasteiger partial charge in [-0.2, -0.15) is 0 Å². The molecule has 1 N–H and O–H groups in total. The topological polar surface area (TPSA) is 32.3 Å². The molecule has 0 bridgehead atoms. The number of hydrogen-bond acceptors (Lipinski definition) is 2. The molecule has 2 atom stereocenters. The number of halogens is 1. The summed E-state index contributed by atoms with van der Waals surface area (Å²) in [5, 5.41) is 3.44. The van der Waals surface area contributed by atoms with E-state index in [1.165, 1.54) is 32.1 Å². The lowest BCUT2D eigenvalue weighted by molar-refractivity contribution is -0.130. The smallest absolute Gasteiger partial charge is 0.238 e. The summed E-state index contributed by atoms with van der Waals surface area (Å²) < 4.78 is 0. The Kier molecular flexibility index (Phi) is 7.80. The Morgan fingerprint density at radius 3 is 2.18 bits per heavy atom. The van der Waals surface area contributed by atoms with Gasteiger partial charge in [0.2, 0.25) is 5.91 Å². The highest BCUT2D eigenvalue weighted by molar-refractivity contribution is 5.85. The van der Waals surface area contributed by atoms with E-state index < -0.39 is 0 Å². The van der Waals surface area contributed by atoms with Crippen LogP contribution < -0.4 is 5.32 Å². The van der Waals surface area contributed by atoms with Crippen LogP contribution in [0.1, 0.15) is 46.0 Å². The highest BCUT2D eigenvalue weighted by Gasteiger charge is 2.23. The molecule has 1 aliphatic carbocycles. The zero-order chi connectivity index (χ0) is 12.1. The van der Waals surface area contributed by atoms with Crippen molar-refractivity contribution in [1.29, 1.82) is 0 Å². The lowest BCUT2D eigenvalue weighted by Gasteiger charge is -2.31. The van der Waals surface area contributed by atoms with Crippen LogP contribution in [-0.2, 0) is 4.79 Å². The van der Waals surface area contributed by atoms with Crippen LogP contribution >= 0.6 is 12.4 Å². The maximum atomic E-state index is 11.7. The van der Waals surface area contributed by atoms with Gasteiger partial charge < -0.3 is 10.2 Å². The first kappa shape index (κ1) is 16.7. The van der Waals surface area contributed by atoms with Gasteiger partial charge in [0.25, 0.3) is 0 Å². The molecule has 17 heavy (non-hydrogen) atoms. The van der Waals surface area contributed by atoms with Crippen LogP contribution in [0.15, 0.2) is 0 Å². The Balaban J connectivity index is 0.00000256. The molecule has 1 saturated carbocycles. The molecule has 102 valence electrons. The number of carbonyl (C=O) groups is 1. The first-order valence-electron chi connectivity index (χ1n) is 6.49. The maximum Gasteiger partial charge on any atom is 0.238 e. The molecular formula is C13H27ClN2O. The van der Waals surface area contributed by atoms with Gasteiger partial charge >= 0.3 is 0 Å². The van der Waals surface area contributed by atoms with Crippen molar-refractivity contribution in [2.24, 2.45) is 5.92 Å². The predicted molar refractivity (Wildman–Crippen MR) is 74.6 cm³/mol. The van der Waals surface area contributed by atoms with E-state index in [1.54, 1.807) is 4.90 Å². The lowest BCUT2D eigenvalue weighted by Crippen LogP contribution is -2.47. The number of nitrogens with one attached hydrogen (secondary N) is 1. The van der Waals surface area contributed by atoms with Crippen LogP contribution in [0, 0.1) is 5.92 Å². The second-order valence-electron chi connectivity index (χ2n) is 5.31. The third-order valence-corrected chi connectivity index (χ3v) is 3.68. The van der Waals surface area contributed by atoms with E-state index in [-0.39, 0.29) is 24.4 Å². The summed E-state index contributed by atoms with van der Waals surface area (Å²) >= 11 is 0. The molecule has 4 heteroatoms. The molecular weight excluding hydrogens is 236 g/mol. The van der Waals surface area contributed by atoms with Crippen molar-refractivity contribution in [3.05, 3.63) is 0 Å². The molecule has 1 amide bonds. The average Bonchev–Trinajstić information content (AvgIpc) is 2.28. The lowest BCUT2D eigenvalue weighted by atomic mass is 9.84. The van der Waals surface area contributed by atoms with Gasteiger partial charge in [0.1, 0.15) is 0 Å². The van der Waals surface area contributed by atoms with Crippen molar-refractivity contribution in [3.8, 4) is 0 Å². The van der Waals surface area contributed by atoms with E-state index in [4.69, 9.17) is 0 Å². The average molecular weight is 263 g/mol. The highest BCUT2D eigenvalue weighted by Crippen LogP contribution is 2.26. The molecule has 0 aromatic rings. The van der Waals surface area contributed by atoms with Crippen LogP contribution in [0.3, 0.4) is 0 Å². The second-order valence-corrected chi connectivity index (χ2v) is 5.31. The van der Waals surface area contributed by atoms with Crippen LogP contribution in [0.4, 0.5) is 0 Å². The van der Waals surface area contributed by atoms with E-state index in [0.29, 0.717) is 6.04 Å². The summed E-state index contributed by atoms with van der Waals surface area (Å²) in [6.07, 6.45) is 6.73. The van der Waals surface area contributed by atoms with Crippen molar-refractivity contribution in [1.82, 2.24) is 10.2 Å². The third kappa shape index (κ3) is 5.26. The quantitative estimate of drug-likeness (QED) is 0.844. The normalized spacial score (nSPS) is 20.2. The Morgan fingerprint density at radius 2 is 1.71 bits per heavy atom. The molecule has 3 nitrogen and oxygen atoms in total. The van der Waals surface area contributed by atoms with Crippen molar-refractivity contribution in [3.63, 3.8) is 0 Å². The van der Waals surface area contributed by atoms with Crippen molar-refractivity contribution < 1.29 is 4.79 Å².